The van der Waals surface area contributed by atoms with E-state index in [1.165, 1.54) is 0 Å². The van der Waals surface area contributed by atoms with Gasteiger partial charge in [0.15, 0.2) is 0 Å². The highest BCUT2D eigenvalue weighted by Gasteiger charge is 2.25. The maximum Gasteiger partial charge on any atom is 0.253 e. The van der Waals surface area contributed by atoms with Gasteiger partial charge in [-0.15, -0.1) is 0 Å². The summed E-state index contributed by atoms with van der Waals surface area (Å²) in [4.78, 5) is 45.4. The van der Waals surface area contributed by atoms with Crippen LogP contribution in [0, 0.1) is 5.41 Å². The highest BCUT2D eigenvalue weighted by Crippen LogP contribution is 2.30. The molecule has 8 nitrogen and oxygen atoms in total. The number of nitrogens with one attached hydrogen (secondary N) is 2. The number of nitrogens with zero attached hydrogens (tertiary/aromatic N) is 3. The molecule has 4 rings (SSSR count). The van der Waals surface area contributed by atoms with Crippen LogP contribution in [0.25, 0.3) is 0 Å². The minimum Gasteiger partial charge on any atom is -0.368 e. The first kappa shape index (κ1) is 27.6. The Bertz CT molecular complexity index is 1120. The van der Waals surface area contributed by atoms with Gasteiger partial charge in [0, 0.05) is 63.4 Å². The smallest absolute Gasteiger partial charge is 0.253 e. The molecule has 38 heavy (non-hydrogen) atoms. The zero-order chi connectivity index (χ0) is 27.1. The number of hydrogen-bond donors (Lipinski definition) is 2. The van der Waals surface area contributed by atoms with Crippen LogP contribution in [-0.2, 0) is 4.79 Å². The topological polar surface area (TPSA) is 85.0 Å². The molecular formula is C30H41N5O3. The number of hydrogen-bond acceptors (Lipinski definition) is 5. The summed E-state index contributed by atoms with van der Waals surface area (Å²) in [5.74, 6) is -0.0425. The van der Waals surface area contributed by atoms with Gasteiger partial charge in [-0.05, 0) is 55.1 Å². The highest BCUT2D eigenvalue weighted by atomic mass is 16.2. The van der Waals surface area contributed by atoms with Gasteiger partial charge in [0.1, 0.15) is 0 Å². The van der Waals surface area contributed by atoms with Crippen LogP contribution in [0.3, 0.4) is 0 Å². The Hall–Kier alpha value is -3.39. The van der Waals surface area contributed by atoms with Gasteiger partial charge in [0.05, 0.1) is 11.4 Å². The monoisotopic (exact) mass is 519 g/mol. The van der Waals surface area contributed by atoms with Gasteiger partial charge < -0.3 is 25.3 Å². The Labute approximate surface area is 226 Å². The van der Waals surface area contributed by atoms with E-state index in [0.717, 1.165) is 44.7 Å². The van der Waals surface area contributed by atoms with Crippen molar-refractivity contribution in [1.82, 2.24) is 15.1 Å². The van der Waals surface area contributed by atoms with Crippen molar-refractivity contribution in [1.29, 1.82) is 0 Å². The van der Waals surface area contributed by atoms with Crippen LogP contribution < -0.4 is 15.5 Å². The standard InChI is InChI=1S/C30H41N5O3/c1-30(2,3)22-27(36)32-25-21-24(29(38)34-15-7-13-31-14-18-34)11-12-26(25)33-16-8-17-35(20-19-33)28(37)23-9-5-4-6-10-23/h4-6,9-12,21,31H,7-8,13-20,22H2,1-3H3,(H,32,36). The predicted octanol–water partition coefficient (Wildman–Crippen LogP) is 3.85. The van der Waals surface area contributed by atoms with Crippen molar-refractivity contribution in [3.05, 3.63) is 59.7 Å². The Morgan fingerprint density at radius 2 is 1.50 bits per heavy atom. The average Bonchev–Trinajstić information content (AvgIpc) is 3.31. The Kier molecular flexibility index (Phi) is 9.05. The molecule has 0 bridgehead atoms. The lowest BCUT2D eigenvalue weighted by Gasteiger charge is -2.28. The Morgan fingerprint density at radius 1 is 0.789 bits per heavy atom. The zero-order valence-corrected chi connectivity index (χ0v) is 23.0. The predicted molar refractivity (Wildman–Crippen MR) is 152 cm³/mol. The van der Waals surface area contributed by atoms with E-state index in [-0.39, 0.29) is 23.1 Å². The van der Waals surface area contributed by atoms with Crippen molar-refractivity contribution in [3.8, 4) is 0 Å². The lowest BCUT2D eigenvalue weighted by molar-refractivity contribution is -0.117. The summed E-state index contributed by atoms with van der Waals surface area (Å²) < 4.78 is 0. The van der Waals surface area contributed by atoms with Crippen molar-refractivity contribution in [3.63, 3.8) is 0 Å². The molecular weight excluding hydrogens is 478 g/mol. The summed E-state index contributed by atoms with van der Waals surface area (Å²) in [7, 11) is 0. The van der Waals surface area contributed by atoms with Gasteiger partial charge in [-0.2, -0.15) is 0 Å². The molecule has 2 aliphatic rings. The number of amides is 3. The fraction of sp³-hybridized carbons (Fsp3) is 0.500. The van der Waals surface area contributed by atoms with Gasteiger partial charge in [-0.3, -0.25) is 14.4 Å². The van der Waals surface area contributed by atoms with Crippen LogP contribution in [0.2, 0.25) is 0 Å². The summed E-state index contributed by atoms with van der Waals surface area (Å²) in [5.41, 5.74) is 2.66. The molecule has 2 saturated heterocycles. The molecule has 0 unspecified atom stereocenters. The molecule has 0 aliphatic carbocycles. The summed E-state index contributed by atoms with van der Waals surface area (Å²) in [6, 6.07) is 15.0. The second kappa shape index (κ2) is 12.4. The van der Waals surface area contributed by atoms with Crippen LogP contribution in [0.5, 0.6) is 0 Å². The third-order valence-electron chi connectivity index (χ3n) is 6.98. The van der Waals surface area contributed by atoms with Crippen molar-refractivity contribution in [2.24, 2.45) is 5.41 Å². The lowest BCUT2D eigenvalue weighted by Crippen LogP contribution is -2.35. The second-order valence-electron chi connectivity index (χ2n) is 11.4. The molecule has 2 aromatic rings. The van der Waals surface area contributed by atoms with Crippen LogP contribution in [0.15, 0.2) is 48.5 Å². The first-order valence-corrected chi connectivity index (χ1v) is 13.7. The molecule has 2 aliphatic heterocycles. The first-order valence-electron chi connectivity index (χ1n) is 13.7. The molecule has 0 spiro atoms. The molecule has 0 aromatic heterocycles. The van der Waals surface area contributed by atoms with E-state index in [1.54, 1.807) is 0 Å². The summed E-state index contributed by atoms with van der Waals surface area (Å²) >= 11 is 0. The Balaban J connectivity index is 1.55. The maximum absolute atomic E-state index is 13.3. The largest absolute Gasteiger partial charge is 0.368 e. The fourth-order valence-electron chi connectivity index (χ4n) is 5.08. The molecule has 8 heteroatoms. The zero-order valence-electron chi connectivity index (χ0n) is 23.0. The first-order chi connectivity index (χ1) is 18.2. The quantitative estimate of drug-likeness (QED) is 0.627. The molecule has 204 valence electrons. The number of carbonyl (C=O) groups excluding carboxylic acids is 3. The third-order valence-corrected chi connectivity index (χ3v) is 6.98. The van der Waals surface area contributed by atoms with Gasteiger partial charge in [0.25, 0.3) is 11.8 Å². The second-order valence-corrected chi connectivity index (χ2v) is 11.4. The molecule has 0 atom stereocenters. The van der Waals surface area contributed by atoms with E-state index in [2.05, 4.69) is 15.5 Å². The molecule has 2 heterocycles. The van der Waals surface area contributed by atoms with Gasteiger partial charge in [-0.1, -0.05) is 39.0 Å². The highest BCUT2D eigenvalue weighted by molar-refractivity contribution is 6.00. The van der Waals surface area contributed by atoms with Gasteiger partial charge in [-0.25, -0.2) is 0 Å². The fourth-order valence-corrected chi connectivity index (χ4v) is 5.08. The summed E-state index contributed by atoms with van der Waals surface area (Å²) in [6.07, 6.45) is 2.11. The van der Waals surface area contributed by atoms with E-state index in [4.69, 9.17) is 0 Å². The SMILES string of the molecule is CC(C)(C)CC(=O)Nc1cc(C(=O)N2CCCNCC2)ccc1N1CCCN(C(=O)c2ccccc2)CC1. The van der Waals surface area contributed by atoms with E-state index < -0.39 is 0 Å². The van der Waals surface area contributed by atoms with Crippen molar-refractivity contribution in [2.75, 3.05) is 62.6 Å². The van der Waals surface area contributed by atoms with Gasteiger partial charge >= 0.3 is 0 Å². The number of carbonyl (C=O) groups is 3. The molecule has 2 fully saturated rings. The van der Waals surface area contributed by atoms with Gasteiger partial charge in [0.2, 0.25) is 5.91 Å². The minimum absolute atomic E-state index is 0.0120. The summed E-state index contributed by atoms with van der Waals surface area (Å²) in [5, 5.41) is 6.45. The molecule has 0 radical (unpaired) electrons. The molecule has 2 aromatic carbocycles. The maximum atomic E-state index is 13.3. The molecule has 0 saturated carbocycles. The molecule has 3 amide bonds. The van der Waals surface area contributed by atoms with Crippen molar-refractivity contribution >= 4 is 29.1 Å². The number of anilines is 2. The minimum atomic E-state index is -0.155. The number of rotatable bonds is 5. The van der Waals surface area contributed by atoms with Crippen LogP contribution in [0.1, 0.15) is 60.7 Å². The lowest BCUT2D eigenvalue weighted by atomic mass is 9.92. The summed E-state index contributed by atoms with van der Waals surface area (Å²) in [6.45, 7) is 11.9. The van der Waals surface area contributed by atoms with E-state index >= 15 is 0 Å². The average molecular weight is 520 g/mol. The van der Waals surface area contributed by atoms with Crippen LogP contribution in [0.4, 0.5) is 11.4 Å². The van der Waals surface area contributed by atoms with Crippen molar-refractivity contribution < 1.29 is 14.4 Å². The van der Waals surface area contributed by atoms with E-state index in [0.29, 0.717) is 49.4 Å². The van der Waals surface area contributed by atoms with Crippen LogP contribution >= 0.6 is 0 Å². The van der Waals surface area contributed by atoms with Crippen LogP contribution in [-0.4, -0.2) is 79.9 Å². The number of benzene rings is 2. The molecule has 2 N–H and O–H groups in total. The van der Waals surface area contributed by atoms with Crippen molar-refractivity contribution in [2.45, 2.75) is 40.0 Å². The third kappa shape index (κ3) is 7.34. The Morgan fingerprint density at radius 3 is 2.26 bits per heavy atom. The van der Waals surface area contributed by atoms with E-state index in [9.17, 15) is 14.4 Å². The van der Waals surface area contributed by atoms with E-state index in [1.807, 2.05) is 79.1 Å². The normalized spacial score (nSPS) is 17.0.